The fraction of sp³-hybridized carbons (Fsp3) is 0.600. The molecule has 0 spiro atoms. The molecule has 0 amide bonds. The molecule has 0 fully saturated rings. The summed E-state index contributed by atoms with van der Waals surface area (Å²) in [4.78, 5) is 0. The van der Waals surface area contributed by atoms with Gasteiger partial charge >= 0.3 is 6.18 Å². The average molecular weight is 271 g/mol. The summed E-state index contributed by atoms with van der Waals surface area (Å²) in [6, 6.07) is 4.09. The van der Waals surface area contributed by atoms with E-state index in [9.17, 15) is 13.2 Å². The van der Waals surface area contributed by atoms with E-state index in [2.05, 4.69) is 19.2 Å². The first-order valence-corrected chi connectivity index (χ1v) is 6.88. The number of rotatable bonds is 4. The molecule has 0 saturated heterocycles. The highest BCUT2D eigenvalue weighted by atomic mass is 19.4. The van der Waals surface area contributed by atoms with Gasteiger partial charge in [0.15, 0.2) is 0 Å². The van der Waals surface area contributed by atoms with Crippen molar-refractivity contribution in [3.05, 3.63) is 29.3 Å². The monoisotopic (exact) mass is 271 g/mol. The largest absolute Gasteiger partial charge is 0.416 e. The van der Waals surface area contributed by atoms with Crippen molar-refractivity contribution in [2.45, 2.75) is 51.1 Å². The van der Waals surface area contributed by atoms with Gasteiger partial charge in [0.1, 0.15) is 0 Å². The minimum Gasteiger partial charge on any atom is -0.384 e. The van der Waals surface area contributed by atoms with Crippen LogP contribution in [-0.4, -0.2) is 6.54 Å². The molecule has 2 rings (SSSR count). The highest BCUT2D eigenvalue weighted by molar-refractivity contribution is 5.61. The predicted molar refractivity (Wildman–Crippen MR) is 71.4 cm³/mol. The van der Waals surface area contributed by atoms with Crippen molar-refractivity contribution in [3.8, 4) is 0 Å². The van der Waals surface area contributed by atoms with Crippen LogP contribution in [0.15, 0.2) is 18.2 Å². The highest BCUT2D eigenvalue weighted by Crippen LogP contribution is 2.45. The number of hydrogen-bond donors (Lipinski definition) is 1. The summed E-state index contributed by atoms with van der Waals surface area (Å²) in [6.45, 7) is 4.93. The molecule has 0 bridgehead atoms. The third-order valence-corrected chi connectivity index (χ3v) is 3.99. The van der Waals surface area contributed by atoms with Gasteiger partial charge in [0, 0.05) is 17.6 Å². The van der Waals surface area contributed by atoms with Crippen LogP contribution in [0.25, 0.3) is 0 Å². The van der Waals surface area contributed by atoms with E-state index in [-0.39, 0.29) is 5.41 Å². The number of hydrogen-bond acceptors (Lipinski definition) is 1. The minimum atomic E-state index is -4.26. The van der Waals surface area contributed by atoms with Gasteiger partial charge in [-0.1, -0.05) is 26.7 Å². The van der Waals surface area contributed by atoms with E-state index in [1.165, 1.54) is 12.1 Å². The summed E-state index contributed by atoms with van der Waals surface area (Å²) in [5.41, 5.74) is 1.06. The van der Waals surface area contributed by atoms with E-state index in [0.717, 1.165) is 43.5 Å². The molecule has 1 aliphatic rings. The summed E-state index contributed by atoms with van der Waals surface area (Å²) in [5.74, 6) is 0. The summed E-state index contributed by atoms with van der Waals surface area (Å²) in [6.07, 6.45) is -0.430. The van der Waals surface area contributed by atoms with Crippen molar-refractivity contribution >= 4 is 5.69 Å². The first-order chi connectivity index (χ1) is 8.93. The lowest BCUT2D eigenvalue weighted by atomic mass is 9.74. The maximum Gasteiger partial charge on any atom is 0.416 e. The van der Waals surface area contributed by atoms with E-state index in [1.54, 1.807) is 6.07 Å². The molecule has 0 atom stereocenters. The summed E-state index contributed by atoms with van der Waals surface area (Å²) in [7, 11) is 0. The van der Waals surface area contributed by atoms with Gasteiger partial charge in [-0.25, -0.2) is 0 Å². The Morgan fingerprint density at radius 2 is 1.79 bits per heavy atom. The molecule has 19 heavy (non-hydrogen) atoms. The van der Waals surface area contributed by atoms with Crippen molar-refractivity contribution in [1.29, 1.82) is 0 Å². The molecule has 106 valence electrons. The lowest BCUT2D eigenvalue weighted by Gasteiger charge is -2.29. The standard InChI is InChI=1S/C15H20F3N/c1-3-7-14(8-4-2)10-19-13-6-5-11(9-12(13)14)15(16,17)18/h5-6,9,19H,3-4,7-8,10H2,1-2H3. The Morgan fingerprint density at radius 1 is 1.16 bits per heavy atom. The maximum absolute atomic E-state index is 12.9. The SMILES string of the molecule is CCCC1(CCC)CNc2ccc(C(F)(F)F)cc21. The highest BCUT2D eigenvalue weighted by Gasteiger charge is 2.40. The van der Waals surface area contributed by atoms with Crippen LogP contribution in [-0.2, 0) is 11.6 Å². The van der Waals surface area contributed by atoms with Crippen LogP contribution in [0.4, 0.5) is 18.9 Å². The van der Waals surface area contributed by atoms with Crippen LogP contribution in [0.5, 0.6) is 0 Å². The van der Waals surface area contributed by atoms with Gasteiger partial charge in [-0.2, -0.15) is 13.2 Å². The van der Waals surface area contributed by atoms with E-state index >= 15 is 0 Å². The molecule has 0 aliphatic carbocycles. The molecule has 1 aromatic carbocycles. The van der Waals surface area contributed by atoms with Crippen LogP contribution in [0.3, 0.4) is 0 Å². The van der Waals surface area contributed by atoms with Crippen molar-refractivity contribution in [2.24, 2.45) is 0 Å². The summed E-state index contributed by atoms with van der Waals surface area (Å²) < 4.78 is 38.6. The normalized spacial score (nSPS) is 17.1. The fourth-order valence-corrected chi connectivity index (χ4v) is 3.20. The van der Waals surface area contributed by atoms with Crippen molar-refractivity contribution in [3.63, 3.8) is 0 Å². The van der Waals surface area contributed by atoms with Gasteiger partial charge in [-0.05, 0) is 36.6 Å². The van der Waals surface area contributed by atoms with Crippen LogP contribution in [0.2, 0.25) is 0 Å². The summed E-state index contributed by atoms with van der Waals surface area (Å²) >= 11 is 0. The lowest BCUT2D eigenvalue weighted by molar-refractivity contribution is -0.137. The predicted octanol–water partition coefficient (Wildman–Crippen LogP) is 4.97. The molecule has 0 radical (unpaired) electrons. The third kappa shape index (κ3) is 2.58. The molecule has 1 heterocycles. The Morgan fingerprint density at radius 3 is 2.32 bits per heavy atom. The lowest BCUT2D eigenvalue weighted by Crippen LogP contribution is -2.28. The Hall–Kier alpha value is -1.19. The fourth-order valence-electron chi connectivity index (χ4n) is 3.20. The quantitative estimate of drug-likeness (QED) is 0.815. The molecule has 0 saturated carbocycles. The van der Waals surface area contributed by atoms with Gasteiger partial charge < -0.3 is 5.32 Å². The van der Waals surface area contributed by atoms with Crippen molar-refractivity contribution in [2.75, 3.05) is 11.9 Å². The second-order valence-electron chi connectivity index (χ2n) is 5.39. The van der Waals surface area contributed by atoms with Gasteiger partial charge in [0.25, 0.3) is 0 Å². The molecule has 1 nitrogen and oxygen atoms in total. The Bertz CT molecular complexity index is 440. The zero-order valence-electron chi connectivity index (χ0n) is 11.4. The van der Waals surface area contributed by atoms with Crippen LogP contribution < -0.4 is 5.32 Å². The molecule has 0 aromatic heterocycles. The topological polar surface area (TPSA) is 12.0 Å². The molecular weight excluding hydrogens is 251 g/mol. The molecule has 1 aromatic rings. The molecule has 1 aliphatic heterocycles. The molecule has 0 unspecified atom stereocenters. The number of fused-ring (bicyclic) bond motifs is 1. The number of benzene rings is 1. The second-order valence-corrected chi connectivity index (χ2v) is 5.39. The van der Waals surface area contributed by atoms with Gasteiger partial charge in [0.05, 0.1) is 5.56 Å². The number of alkyl halides is 3. The van der Waals surface area contributed by atoms with E-state index in [1.807, 2.05) is 0 Å². The van der Waals surface area contributed by atoms with Gasteiger partial charge in [-0.3, -0.25) is 0 Å². The number of anilines is 1. The number of nitrogens with one attached hydrogen (secondary N) is 1. The Balaban J connectivity index is 2.46. The third-order valence-electron chi connectivity index (χ3n) is 3.99. The number of halogens is 3. The van der Waals surface area contributed by atoms with E-state index < -0.39 is 11.7 Å². The smallest absolute Gasteiger partial charge is 0.384 e. The molecule has 4 heteroatoms. The van der Waals surface area contributed by atoms with Crippen molar-refractivity contribution < 1.29 is 13.2 Å². The van der Waals surface area contributed by atoms with E-state index in [0.29, 0.717) is 0 Å². The maximum atomic E-state index is 12.9. The molecule has 1 N–H and O–H groups in total. The first-order valence-electron chi connectivity index (χ1n) is 6.88. The minimum absolute atomic E-state index is 0.125. The summed E-state index contributed by atoms with van der Waals surface area (Å²) in [5, 5.41) is 3.27. The average Bonchev–Trinajstić information content (AvgIpc) is 2.68. The Labute approximate surface area is 112 Å². The Kier molecular flexibility index (Phi) is 3.79. The first kappa shape index (κ1) is 14.2. The van der Waals surface area contributed by atoms with Crippen LogP contribution in [0, 0.1) is 0 Å². The second kappa shape index (κ2) is 5.06. The van der Waals surface area contributed by atoms with Crippen molar-refractivity contribution in [1.82, 2.24) is 0 Å². The van der Waals surface area contributed by atoms with E-state index in [4.69, 9.17) is 0 Å². The van der Waals surface area contributed by atoms with Gasteiger partial charge in [0.2, 0.25) is 0 Å². The van der Waals surface area contributed by atoms with Crippen LogP contribution in [0.1, 0.15) is 50.7 Å². The zero-order valence-corrected chi connectivity index (χ0v) is 11.4. The van der Waals surface area contributed by atoms with Crippen LogP contribution >= 0.6 is 0 Å². The molecular formula is C15H20F3N. The zero-order chi connectivity index (χ0) is 14.1. The van der Waals surface area contributed by atoms with Gasteiger partial charge in [-0.15, -0.1) is 0 Å².